The lowest BCUT2D eigenvalue weighted by Gasteiger charge is -2.08. The van der Waals surface area contributed by atoms with Crippen LogP contribution in [0.2, 0.25) is 0 Å². The molecule has 0 unspecified atom stereocenters. The molecule has 1 N–H and O–H groups in total. The fourth-order valence-electron chi connectivity index (χ4n) is 0.847. The Bertz CT molecular complexity index is 320. The highest BCUT2D eigenvalue weighted by atomic mass is 79.9. The minimum absolute atomic E-state index is 0.140. The van der Waals surface area contributed by atoms with Gasteiger partial charge in [-0.25, -0.2) is 8.78 Å². The van der Waals surface area contributed by atoms with Crippen LogP contribution in [0.1, 0.15) is 17.7 Å². The number of rotatable bonds is 2. The summed E-state index contributed by atoms with van der Waals surface area (Å²) < 4.78 is 24.9. The Morgan fingerprint density at radius 2 is 2.15 bits per heavy atom. The minimum Gasteiger partial charge on any atom is -0.505 e. The van der Waals surface area contributed by atoms with E-state index in [2.05, 4.69) is 36.8 Å². The molecule has 1 rings (SSSR count). The van der Waals surface area contributed by atoms with Gasteiger partial charge in [-0.05, 0) is 15.9 Å². The van der Waals surface area contributed by atoms with E-state index in [1.165, 1.54) is 0 Å². The molecule has 6 heteroatoms. The topological polar surface area (TPSA) is 33.1 Å². The summed E-state index contributed by atoms with van der Waals surface area (Å²) in [5.41, 5.74) is -0.0449. The molecule has 1 heterocycles. The molecule has 0 saturated carbocycles. The van der Waals surface area contributed by atoms with Crippen molar-refractivity contribution >= 4 is 31.9 Å². The molecule has 0 aliphatic carbocycles. The molecule has 0 spiro atoms. The minimum atomic E-state index is -2.63. The van der Waals surface area contributed by atoms with Gasteiger partial charge in [-0.3, -0.25) is 4.98 Å². The number of aromatic nitrogens is 1. The molecule has 0 amide bonds. The SMILES string of the molecule is Oc1cnc(C(F)F)c(CBr)c1Br. The van der Waals surface area contributed by atoms with Crippen LogP contribution in [0.5, 0.6) is 5.75 Å². The number of halogens is 4. The maximum Gasteiger partial charge on any atom is 0.280 e. The highest BCUT2D eigenvalue weighted by molar-refractivity contribution is 9.11. The average molecular weight is 317 g/mol. The first-order valence-corrected chi connectivity index (χ1v) is 5.19. The van der Waals surface area contributed by atoms with Crippen molar-refractivity contribution in [3.8, 4) is 5.75 Å². The van der Waals surface area contributed by atoms with Gasteiger partial charge < -0.3 is 5.11 Å². The van der Waals surface area contributed by atoms with Crippen LogP contribution in [0.3, 0.4) is 0 Å². The summed E-state index contributed by atoms with van der Waals surface area (Å²) in [4.78, 5) is 3.45. The van der Waals surface area contributed by atoms with Crippen LogP contribution in [-0.2, 0) is 5.33 Å². The maximum atomic E-state index is 12.3. The van der Waals surface area contributed by atoms with Crippen LogP contribution >= 0.6 is 31.9 Å². The Labute approximate surface area is 90.2 Å². The Balaban J connectivity index is 3.30. The molecule has 0 fully saturated rings. The summed E-state index contributed by atoms with van der Waals surface area (Å²) in [6.45, 7) is 0. The number of hydrogen-bond donors (Lipinski definition) is 1. The van der Waals surface area contributed by atoms with Crippen LogP contribution in [0, 0.1) is 0 Å². The second kappa shape index (κ2) is 4.32. The van der Waals surface area contributed by atoms with E-state index in [-0.39, 0.29) is 26.8 Å². The Morgan fingerprint density at radius 1 is 1.54 bits per heavy atom. The van der Waals surface area contributed by atoms with Crippen molar-refractivity contribution in [2.75, 3.05) is 0 Å². The largest absolute Gasteiger partial charge is 0.505 e. The van der Waals surface area contributed by atoms with Gasteiger partial charge in [-0.2, -0.15) is 0 Å². The zero-order valence-corrected chi connectivity index (χ0v) is 9.44. The van der Waals surface area contributed by atoms with Crippen molar-refractivity contribution in [1.82, 2.24) is 4.98 Å². The van der Waals surface area contributed by atoms with Gasteiger partial charge in [-0.1, -0.05) is 15.9 Å². The molecule has 13 heavy (non-hydrogen) atoms. The third-order valence-electron chi connectivity index (χ3n) is 1.47. The summed E-state index contributed by atoms with van der Waals surface area (Å²) >= 11 is 6.05. The van der Waals surface area contributed by atoms with Crippen molar-refractivity contribution in [3.63, 3.8) is 0 Å². The summed E-state index contributed by atoms with van der Waals surface area (Å²) in [6.07, 6.45) is -1.64. The summed E-state index contributed by atoms with van der Waals surface area (Å²) in [6, 6.07) is 0. The second-order valence-corrected chi connectivity index (χ2v) is 3.61. The lowest BCUT2D eigenvalue weighted by atomic mass is 10.2. The van der Waals surface area contributed by atoms with Crippen LogP contribution in [0.25, 0.3) is 0 Å². The molecule has 0 atom stereocenters. The highest BCUT2D eigenvalue weighted by Gasteiger charge is 2.18. The van der Waals surface area contributed by atoms with Crippen LogP contribution < -0.4 is 0 Å². The van der Waals surface area contributed by atoms with Gasteiger partial charge in [0.05, 0.1) is 10.7 Å². The molecule has 2 nitrogen and oxygen atoms in total. The second-order valence-electron chi connectivity index (χ2n) is 2.26. The van der Waals surface area contributed by atoms with E-state index in [0.717, 1.165) is 6.20 Å². The number of pyridine rings is 1. The molecule has 1 aromatic rings. The van der Waals surface area contributed by atoms with Crippen LogP contribution in [0.15, 0.2) is 10.7 Å². The molecule has 1 aromatic heterocycles. The molecule has 0 aliphatic heterocycles. The predicted octanol–water partition coefficient (Wildman–Crippen LogP) is 3.38. The fourth-order valence-corrected chi connectivity index (χ4v) is 2.24. The molecule has 0 saturated heterocycles. The van der Waals surface area contributed by atoms with Crippen molar-refractivity contribution in [2.24, 2.45) is 0 Å². The van der Waals surface area contributed by atoms with Gasteiger partial charge in [0.1, 0.15) is 11.4 Å². The van der Waals surface area contributed by atoms with Gasteiger partial charge in [0.15, 0.2) is 0 Å². The van der Waals surface area contributed by atoms with E-state index in [9.17, 15) is 8.78 Å². The zero-order valence-electron chi connectivity index (χ0n) is 6.27. The molecule has 0 radical (unpaired) electrons. The zero-order chi connectivity index (χ0) is 10.0. The fraction of sp³-hybridized carbons (Fsp3) is 0.286. The molecular weight excluding hydrogens is 312 g/mol. The van der Waals surface area contributed by atoms with E-state index < -0.39 is 6.43 Å². The normalized spacial score (nSPS) is 10.8. The third-order valence-corrected chi connectivity index (χ3v) is 2.91. The first-order chi connectivity index (χ1) is 6.07. The lowest BCUT2D eigenvalue weighted by Crippen LogP contribution is -1.97. The standard InChI is InChI=1S/C7H5Br2F2NO/c8-1-3-5(9)4(13)2-12-6(3)7(10)11/h2,7,13H,1H2. The van der Waals surface area contributed by atoms with Gasteiger partial charge in [0, 0.05) is 10.9 Å². The van der Waals surface area contributed by atoms with E-state index in [0.29, 0.717) is 0 Å². The highest BCUT2D eigenvalue weighted by Crippen LogP contribution is 2.33. The molecule has 0 bridgehead atoms. The van der Waals surface area contributed by atoms with E-state index >= 15 is 0 Å². The van der Waals surface area contributed by atoms with Crippen molar-refractivity contribution < 1.29 is 13.9 Å². The van der Waals surface area contributed by atoms with Gasteiger partial charge >= 0.3 is 0 Å². The summed E-state index contributed by atoms with van der Waals surface area (Å²) in [5.74, 6) is -0.140. The van der Waals surface area contributed by atoms with Crippen LogP contribution in [0.4, 0.5) is 8.78 Å². The Morgan fingerprint density at radius 3 is 2.62 bits per heavy atom. The van der Waals surface area contributed by atoms with Crippen molar-refractivity contribution in [2.45, 2.75) is 11.8 Å². The number of hydrogen-bond acceptors (Lipinski definition) is 2. The first-order valence-electron chi connectivity index (χ1n) is 3.28. The number of nitrogens with zero attached hydrogens (tertiary/aromatic N) is 1. The van der Waals surface area contributed by atoms with E-state index in [1.54, 1.807) is 0 Å². The average Bonchev–Trinajstić information content (AvgIpc) is 2.09. The molecule has 0 aliphatic rings. The monoisotopic (exact) mass is 315 g/mol. The Kier molecular flexibility index (Phi) is 3.61. The molecule has 72 valence electrons. The van der Waals surface area contributed by atoms with Crippen LogP contribution in [-0.4, -0.2) is 10.1 Å². The molecule has 0 aromatic carbocycles. The van der Waals surface area contributed by atoms with E-state index in [1.807, 2.05) is 0 Å². The third kappa shape index (κ3) is 2.17. The summed E-state index contributed by atoms with van der Waals surface area (Å²) in [7, 11) is 0. The van der Waals surface area contributed by atoms with Crippen molar-refractivity contribution in [1.29, 1.82) is 0 Å². The van der Waals surface area contributed by atoms with Gasteiger partial charge in [-0.15, -0.1) is 0 Å². The number of alkyl halides is 3. The van der Waals surface area contributed by atoms with Crippen molar-refractivity contribution in [3.05, 3.63) is 21.9 Å². The maximum absolute atomic E-state index is 12.3. The first kappa shape index (κ1) is 10.8. The van der Waals surface area contributed by atoms with E-state index in [4.69, 9.17) is 5.11 Å². The predicted molar refractivity (Wildman–Crippen MR) is 51.2 cm³/mol. The smallest absolute Gasteiger partial charge is 0.280 e. The van der Waals surface area contributed by atoms with Gasteiger partial charge in [0.2, 0.25) is 0 Å². The quantitative estimate of drug-likeness (QED) is 0.848. The number of aromatic hydroxyl groups is 1. The molecular formula is C7H5Br2F2NO. The Hall–Kier alpha value is -0.230. The van der Waals surface area contributed by atoms with Gasteiger partial charge in [0.25, 0.3) is 6.43 Å². The lowest BCUT2D eigenvalue weighted by molar-refractivity contribution is 0.145. The summed E-state index contributed by atoms with van der Waals surface area (Å²) in [5, 5.41) is 9.38.